The van der Waals surface area contributed by atoms with E-state index in [-0.39, 0.29) is 5.92 Å². The molecule has 114 valence electrons. The molecule has 1 heterocycles. The van der Waals surface area contributed by atoms with Crippen LogP contribution in [0.15, 0.2) is 0 Å². The molecule has 0 bridgehead atoms. The molecule has 0 aromatic carbocycles. The summed E-state index contributed by atoms with van der Waals surface area (Å²) in [6.07, 6.45) is 1.08. The molecule has 0 radical (unpaired) electrons. The largest absolute Gasteiger partial charge is 0.370 e. The molecule has 0 aliphatic rings. The maximum atomic E-state index is 6.17. The predicted molar refractivity (Wildman–Crippen MR) is 86.7 cm³/mol. The van der Waals surface area contributed by atoms with E-state index in [1.165, 1.54) is 0 Å². The third-order valence-corrected chi connectivity index (χ3v) is 3.85. The number of nitrogens with zero attached hydrogens (tertiary/aromatic N) is 3. The van der Waals surface area contributed by atoms with Crippen molar-refractivity contribution in [3.8, 4) is 0 Å². The Bertz CT molecular complexity index is 432. The van der Waals surface area contributed by atoms with Gasteiger partial charge in [0.05, 0.1) is 0 Å². The average molecular weight is 299 g/mol. The summed E-state index contributed by atoms with van der Waals surface area (Å²) in [5.74, 6) is 1.93. The fraction of sp³-hybridized carbons (Fsp3) is 0.733. The van der Waals surface area contributed by atoms with Crippen molar-refractivity contribution < 1.29 is 0 Å². The summed E-state index contributed by atoms with van der Waals surface area (Å²) < 4.78 is 0. The van der Waals surface area contributed by atoms with Crippen LogP contribution in [0.2, 0.25) is 5.15 Å². The third-order valence-electron chi connectivity index (χ3n) is 3.48. The molecule has 20 heavy (non-hydrogen) atoms. The van der Waals surface area contributed by atoms with Crippen LogP contribution in [-0.4, -0.2) is 41.0 Å². The van der Waals surface area contributed by atoms with Crippen LogP contribution in [0, 0.1) is 6.92 Å². The third kappa shape index (κ3) is 4.91. The number of nitrogens with one attached hydrogen (secondary N) is 1. The van der Waals surface area contributed by atoms with Crippen LogP contribution < -0.4 is 5.32 Å². The van der Waals surface area contributed by atoms with E-state index in [1.54, 1.807) is 0 Å². The number of halogens is 1. The van der Waals surface area contributed by atoms with Crippen LogP contribution >= 0.6 is 11.6 Å². The molecule has 0 aliphatic carbocycles. The van der Waals surface area contributed by atoms with E-state index in [4.69, 9.17) is 11.6 Å². The molecule has 0 spiro atoms. The fourth-order valence-corrected chi connectivity index (χ4v) is 1.91. The van der Waals surface area contributed by atoms with Gasteiger partial charge in [-0.05, 0) is 40.8 Å². The van der Waals surface area contributed by atoms with Gasteiger partial charge < -0.3 is 10.2 Å². The van der Waals surface area contributed by atoms with E-state index < -0.39 is 0 Å². The van der Waals surface area contributed by atoms with Gasteiger partial charge in [0, 0.05) is 24.1 Å². The maximum Gasteiger partial charge on any atom is 0.137 e. The Morgan fingerprint density at radius 2 is 1.85 bits per heavy atom. The predicted octanol–water partition coefficient (Wildman–Crippen LogP) is 3.70. The van der Waals surface area contributed by atoms with Crippen molar-refractivity contribution in [1.82, 2.24) is 14.9 Å². The van der Waals surface area contributed by atoms with Crippen LogP contribution in [0.5, 0.6) is 0 Å². The zero-order valence-electron chi connectivity index (χ0n) is 13.5. The van der Waals surface area contributed by atoms with Crippen LogP contribution in [0.4, 0.5) is 5.82 Å². The second-order valence-corrected chi connectivity index (χ2v) is 6.21. The summed E-state index contributed by atoms with van der Waals surface area (Å²) in [6.45, 7) is 12.5. The minimum Gasteiger partial charge on any atom is -0.370 e. The molecule has 1 aromatic heterocycles. The van der Waals surface area contributed by atoms with Crippen molar-refractivity contribution in [1.29, 1.82) is 0 Å². The molecule has 0 aliphatic heterocycles. The molecule has 0 unspecified atom stereocenters. The minimum absolute atomic E-state index is 0.278. The normalized spacial score (nSPS) is 11.7. The summed E-state index contributed by atoms with van der Waals surface area (Å²) in [6, 6.07) is 0.581. The standard InChI is InChI=1S/C15H27ClN4/c1-10(2)14-18-13(16)12(5)15(19-14)17-8-7-9-20(6)11(3)4/h10-11H,7-9H2,1-6H3,(H,17,18,19). The Labute approximate surface area is 127 Å². The number of aromatic nitrogens is 2. The molecule has 1 rings (SSSR count). The molecular weight excluding hydrogens is 272 g/mol. The van der Waals surface area contributed by atoms with E-state index in [9.17, 15) is 0 Å². The highest BCUT2D eigenvalue weighted by molar-refractivity contribution is 6.30. The monoisotopic (exact) mass is 298 g/mol. The highest BCUT2D eigenvalue weighted by Crippen LogP contribution is 2.22. The molecule has 1 N–H and O–H groups in total. The quantitative estimate of drug-likeness (QED) is 0.615. The van der Waals surface area contributed by atoms with Gasteiger partial charge in [-0.15, -0.1) is 0 Å². The lowest BCUT2D eigenvalue weighted by Gasteiger charge is -2.21. The summed E-state index contributed by atoms with van der Waals surface area (Å²) >= 11 is 6.17. The topological polar surface area (TPSA) is 41.1 Å². The van der Waals surface area contributed by atoms with E-state index in [0.717, 1.165) is 36.7 Å². The first-order valence-corrected chi connectivity index (χ1v) is 7.68. The van der Waals surface area contributed by atoms with Crippen LogP contribution in [0.3, 0.4) is 0 Å². The summed E-state index contributed by atoms with van der Waals surface area (Å²) in [4.78, 5) is 11.2. The van der Waals surface area contributed by atoms with Crippen LogP contribution in [-0.2, 0) is 0 Å². The molecule has 1 aromatic rings. The van der Waals surface area contributed by atoms with Gasteiger partial charge in [-0.25, -0.2) is 9.97 Å². The molecular formula is C15H27ClN4. The second kappa shape index (κ2) is 7.79. The number of hydrogen-bond donors (Lipinski definition) is 1. The van der Waals surface area contributed by atoms with Gasteiger partial charge in [-0.3, -0.25) is 0 Å². The van der Waals surface area contributed by atoms with Crippen molar-refractivity contribution in [2.75, 3.05) is 25.5 Å². The fourth-order valence-electron chi connectivity index (χ4n) is 1.73. The lowest BCUT2D eigenvalue weighted by Crippen LogP contribution is -2.28. The zero-order valence-corrected chi connectivity index (χ0v) is 14.3. The zero-order chi connectivity index (χ0) is 15.3. The summed E-state index contributed by atoms with van der Waals surface area (Å²) in [5, 5.41) is 3.93. The molecule has 0 fully saturated rings. The first kappa shape index (κ1) is 17.2. The van der Waals surface area contributed by atoms with Crippen LogP contribution in [0.1, 0.15) is 51.4 Å². The van der Waals surface area contributed by atoms with Crippen LogP contribution in [0.25, 0.3) is 0 Å². The Morgan fingerprint density at radius 1 is 1.20 bits per heavy atom. The smallest absolute Gasteiger partial charge is 0.137 e. The van der Waals surface area contributed by atoms with Gasteiger partial charge in [0.1, 0.15) is 16.8 Å². The van der Waals surface area contributed by atoms with Gasteiger partial charge in [0.15, 0.2) is 0 Å². The Morgan fingerprint density at radius 3 is 2.40 bits per heavy atom. The first-order chi connectivity index (χ1) is 9.32. The van der Waals surface area contributed by atoms with Crippen molar-refractivity contribution in [2.45, 2.75) is 53.0 Å². The van der Waals surface area contributed by atoms with Crippen molar-refractivity contribution in [3.05, 3.63) is 16.5 Å². The second-order valence-electron chi connectivity index (χ2n) is 5.86. The molecule has 5 heteroatoms. The van der Waals surface area contributed by atoms with Gasteiger partial charge in [0.25, 0.3) is 0 Å². The van der Waals surface area contributed by atoms with Gasteiger partial charge in [-0.2, -0.15) is 0 Å². The number of anilines is 1. The first-order valence-electron chi connectivity index (χ1n) is 7.31. The Hall–Kier alpha value is -0.870. The SMILES string of the molecule is Cc1c(Cl)nc(C(C)C)nc1NCCCN(C)C(C)C. The highest BCUT2D eigenvalue weighted by Gasteiger charge is 2.11. The molecule has 0 saturated carbocycles. The van der Waals surface area contributed by atoms with Crippen molar-refractivity contribution in [2.24, 2.45) is 0 Å². The van der Waals surface area contributed by atoms with Gasteiger partial charge in [0.2, 0.25) is 0 Å². The maximum absolute atomic E-state index is 6.17. The van der Waals surface area contributed by atoms with E-state index in [1.807, 2.05) is 6.92 Å². The lowest BCUT2D eigenvalue weighted by atomic mass is 10.2. The average Bonchev–Trinajstić information content (AvgIpc) is 2.38. The van der Waals surface area contributed by atoms with E-state index in [0.29, 0.717) is 11.2 Å². The molecule has 0 amide bonds. The van der Waals surface area contributed by atoms with Gasteiger partial charge >= 0.3 is 0 Å². The van der Waals surface area contributed by atoms with Gasteiger partial charge in [-0.1, -0.05) is 25.4 Å². The molecule has 0 atom stereocenters. The number of rotatable bonds is 7. The van der Waals surface area contributed by atoms with E-state index in [2.05, 4.69) is 54.9 Å². The van der Waals surface area contributed by atoms with Crippen molar-refractivity contribution in [3.63, 3.8) is 0 Å². The lowest BCUT2D eigenvalue weighted by molar-refractivity contribution is 0.273. The molecule has 4 nitrogen and oxygen atoms in total. The highest BCUT2D eigenvalue weighted by atomic mass is 35.5. The van der Waals surface area contributed by atoms with E-state index >= 15 is 0 Å². The minimum atomic E-state index is 0.278. The number of hydrogen-bond acceptors (Lipinski definition) is 4. The summed E-state index contributed by atoms with van der Waals surface area (Å²) in [5.41, 5.74) is 0.924. The molecule has 0 saturated heterocycles. The van der Waals surface area contributed by atoms with Crippen molar-refractivity contribution >= 4 is 17.4 Å². The Balaban J connectivity index is 2.59. The summed E-state index contributed by atoms with van der Waals surface area (Å²) in [7, 11) is 2.15. The Kier molecular flexibility index (Phi) is 6.69.